The molecule has 1 nitrogen and oxygen atoms in total. The third-order valence-electron chi connectivity index (χ3n) is 2.59. The lowest BCUT2D eigenvalue weighted by Crippen LogP contribution is -2.36. The molecule has 0 aromatic heterocycles. The van der Waals surface area contributed by atoms with Crippen LogP contribution in [0.25, 0.3) is 0 Å². The van der Waals surface area contributed by atoms with Crippen LogP contribution in [0.5, 0.6) is 0 Å². The van der Waals surface area contributed by atoms with Crippen LogP contribution < -0.4 is 0 Å². The van der Waals surface area contributed by atoms with Gasteiger partial charge in [0.05, 0.1) is 0 Å². The zero-order valence-corrected chi connectivity index (χ0v) is 10.5. The maximum Gasteiger partial charge on any atom is 0.0130 e. The van der Waals surface area contributed by atoms with Gasteiger partial charge in [-0.1, -0.05) is 26.3 Å². The molecule has 0 saturated heterocycles. The first-order valence-corrected chi connectivity index (χ1v) is 6.04. The van der Waals surface area contributed by atoms with Gasteiger partial charge in [-0.3, -0.25) is 0 Å². The second-order valence-corrected chi connectivity index (χ2v) is 4.26. The quantitative estimate of drug-likeness (QED) is 0.534. The van der Waals surface area contributed by atoms with Crippen molar-refractivity contribution in [1.29, 1.82) is 0 Å². The number of hydrogen-bond donors (Lipinski definition) is 0. The summed E-state index contributed by atoms with van der Waals surface area (Å²) in [6, 6.07) is 0.715. The molecule has 0 N–H and O–H groups in total. The summed E-state index contributed by atoms with van der Waals surface area (Å²) >= 11 is 0. The molecule has 1 heteroatoms. The SMILES string of the molecule is C=C(C)CC(CC)N(CCC)CCC. The first kappa shape index (κ1) is 13.7. The predicted octanol–water partition coefficient (Wildman–Crippen LogP) is 3.85. The fraction of sp³-hybridized carbons (Fsp3) is 0.846. The summed E-state index contributed by atoms with van der Waals surface area (Å²) in [5, 5.41) is 0. The Hall–Kier alpha value is -0.300. The van der Waals surface area contributed by atoms with Crippen molar-refractivity contribution in [2.75, 3.05) is 13.1 Å². The van der Waals surface area contributed by atoms with Gasteiger partial charge in [0, 0.05) is 6.04 Å². The molecule has 0 aliphatic carbocycles. The van der Waals surface area contributed by atoms with Gasteiger partial charge >= 0.3 is 0 Å². The number of hydrogen-bond acceptors (Lipinski definition) is 1. The largest absolute Gasteiger partial charge is 0.300 e. The van der Waals surface area contributed by atoms with E-state index < -0.39 is 0 Å². The van der Waals surface area contributed by atoms with Gasteiger partial charge in [-0.25, -0.2) is 0 Å². The molecular formula is C13H27N. The van der Waals surface area contributed by atoms with Crippen molar-refractivity contribution in [3.05, 3.63) is 12.2 Å². The van der Waals surface area contributed by atoms with Crippen LogP contribution in [-0.2, 0) is 0 Å². The Morgan fingerprint density at radius 2 is 1.64 bits per heavy atom. The molecule has 84 valence electrons. The minimum Gasteiger partial charge on any atom is -0.300 e. The molecule has 14 heavy (non-hydrogen) atoms. The van der Waals surface area contributed by atoms with Crippen LogP contribution in [0.4, 0.5) is 0 Å². The molecule has 0 bridgehead atoms. The lowest BCUT2D eigenvalue weighted by molar-refractivity contribution is 0.189. The highest BCUT2D eigenvalue weighted by Gasteiger charge is 2.14. The summed E-state index contributed by atoms with van der Waals surface area (Å²) < 4.78 is 0. The van der Waals surface area contributed by atoms with Crippen LogP contribution >= 0.6 is 0 Å². The smallest absolute Gasteiger partial charge is 0.0130 e. The first-order valence-electron chi connectivity index (χ1n) is 6.04. The second-order valence-electron chi connectivity index (χ2n) is 4.26. The summed E-state index contributed by atoms with van der Waals surface area (Å²) in [5.74, 6) is 0. The van der Waals surface area contributed by atoms with E-state index in [-0.39, 0.29) is 0 Å². The molecule has 0 aliphatic rings. The van der Waals surface area contributed by atoms with Gasteiger partial charge in [-0.2, -0.15) is 0 Å². The lowest BCUT2D eigenvalue weighted by Gasteiger charge is -2.30. The van der Waals surface area contributed by atoms with E-state index in [4.69, 9.17) is 0 Å². The number of nitrogens with zero attached hydrogens (tertiary/aromatic N) is 1. The third-order valence-corrected chi connectivity index (χ3v) is 2.59. The van der Waals surface area contributed by atoms with E-state index >= 15 is 0 Å². The average Bonchev–Trinajstić information content (AvgIpc) is 2.13. The van der Waals surface area contributed by atoms with E-state index in [1.165, 1.54) is 37.9 Å². The van der Waals surface area contributed by atoms with Gasteiger partial charge in [0.15, 0.2) is 0 Å². The molecule has 0 saturated carbocycles. The maximum atomic E-state index is 4.02. The Balaban J connectivity index is 4.16. The van der Waals surface area contributed by atoms with Crippen molar-refractivity contribution >= 4 is 0 Å². The molecule has 0 spiro atoms. The summed E-state index contributed by atoms with van der Waals surface area (Å²) in [4.78, 5) is 2.62. The fourth-order valence-corrected chi connectivity index (χ4v) is 1.99. The van der Waals surface area contributed by atoms with Gasteiger partial charge < -0.3 is 4.90 Å². The highest BCUT2D eigenvalue weighted by molar-refractivity contribution is 4.93. The van der Waals surface area contributed by atoms with E-state index in [0.29, 0.717) is 6.04 Å². The Labute approximate surface area is 90.2 Å². The molecule has 0 aliphatic heterocycles. The molecular weight excluding hydrogens is 170 g/mol. The Morgan fingerprint density at radius 3 is 1.93 bits per heavy atom. The zero-order chi connectivity index (χ0) is 11.0. The Kier molecular flexibility index (Phi) is 7.87. The Morgan fingerprint density at radius 1 is 1.14 bits per heavy atom. The van der Waals surface area contributed by atoms with Crippen LogP contribution in [0.3, 0.4) is 0 Å². The molecule has 0 rings (SSSR count). The minimum absolute atomic E-state index is 0.715. The van der Waals surface area contributed by atoms with Gasteiger partial charge in [0.25, 0.3) is 0 Å². The lowest BCUT2D eigenvalue weighted by atomic mass is 10.0. The molecule has 0 amide bonds. The Bertz CT molecular complexity index is 145. The summed E-state index contributed by atoms with van der Waals surface area (Å²) in [6.45, 7) is 15.4. The molecule has 1 atom stereocenters. The van der Waals surface area contributed by atoms with Crippen molar-refractivity contribution < 1.29 is 0 Å². The molecule has 0 radical (unpaired) electrons. The van der Waals surface area contributed by atoms with Crippen LogP contribution in [0.1, 0.15) is 53.4 Å². The van der Waals surface area contributed by atoms with Crippen LogP contribution in [0.15, 0.2) is 12.2 Å². The van der Waals surface area contributed by atoms with Crippen molar-refractivity contribution in [2.45, 2.75) is 59.4 Å². The van der Waals surface area contributed by atoms with E-state index in [0.717, 1.165) is 6.42 Å². The fourth-order valence-electron chi connectivity index (χ4n) is 1.99. The van der Waals surface area contributed by atoms with Crippen LogP contribution in [0, 0.1) is 0 Å². The topological polar surface area (TPSA) is 3.24 Å². The maximum absolute atomic E-state index is 4.02. The molecule has 0 aromatic carbocycles. The van der Waals surface area contributed by atoms with Gasteiger partial charge in [0.2, 0.25) is 0 Å². The van der Waals surface area contributed by atoms with E-state index in [2.05, 4.69) is 39.2 Å². The normalized spacial score (nSPS) is 13.2. The van der Waals surface area contributed by atoms with Gasteiger partial charge in [-0.05, 0) is 45.7 Å². The van der Waals surface area contributed by atoms with Gasteiger partial charge in [-0.15, -0.1) is 6.58 Å². The highest BCUT2D eigenvalue weighted by atomic mass is 15.1. The van der Waals surface area contributed by atoms with Crippen molar-refractivity contribution in [3.63, 3.8) is 0 Å². The predicted molar refractivity (Wildman–Crippen MR) is 65.7 cm³/mol. The minimum atomic E-state index is 0.715. The second kappa shape index (κ2) is 8.05. The van der Waals surface area contributed by atoms with Crippen LogP contribution in [-0.4, -0.2) is 24.0 Å². The molecule has 0 aromatic rings. The number of rotatable bonds is 8. The zero-order valence-electron chi connectivity index (χ0n) is 10.5. The standard InChI is InChI=1S/C13H27N/c1-6-9-14(10-7-2)13(8-3)11-12(4)5/h13H,4,6-11H2,1-3,5H3. The summed E-state index contributed by atoms with van der Waals surface area (Å²) in [6.07, 6.45) is 4.92. The molecule has 0 fully saturated rings. The summed E-state index contributed by atoms with van der Waals surface area (Å²) in [5.41, 5.74) is 1.31. The molecule has 1 unspecified atom stereocenters. The van der Waals surface area contributed by atoms with Crippen LogP contribution in [0.2, 0.25) is 0 Å². The summed E-state index contributed by atoms with van der Waals surface area (Å²) in [7, 11) is 0. The molecule has 0 heterocycles. The highest BCUT2D eigenvalue weighted by Crippen LogP contribution is 2.14. The van der Waals surface area contributed by atoms with Crippen molar-refractivity contribution in [3.8, 4) is 0 Å². The van der Waals surface area contributed by atoms with Crippen molar-refractivity contribution in [2.24, 2.45) is 0 Å². The monoisotopic (exact) mass is 197 g/mol. The van der Waals surface area contributed by atoms with E-state index in [1.807, 2.05) is 0 Å². The first-order chi connectivity index (χ1) is 6.65. The third kappa shape index (κ3) is 5.43. The average molecular weight is 197 g/mol. The van der Waals surface area contributed by atoms with E-state index in [9.17, 15) is 0 Å². The van der Waals surface area contributed by atoms with Crippen molar-refractivity contribution in [1.82, 2.24) is 4.90 Å². The van der Waals surface area contributed by atoms with E-state index in [1.54, 1.807) is 0 Å². The van der Waals surface area contributed by atoms with Gasteiger partial charge in [0.1, 0.15) is 0 Å².